The van der Waals surface area contributed by atoms with Crippen LogP contribution in [0.5, 0.6) is 0 Å². The highest BCUT2D eigenvalue weighted by atomic mass is 19.2. The summed E-state index contributed by atoms with van der Waals surface area (Å²) in [7, 11) is 0. The molecule has 0 atom stereocenters. The third-order valence-corrected chi connectivity index (χ3v) is 6.21. The minimum atomic E-state index is -0.846. The molecule has 2 fully saturated rings. The zero-order valence-corrected chi connectivity index (χ0v) is 18.5. The highest BCUT2D eigenvalue weighted by Crippen LogP contribution is 2.38. The van der Waals surface area contributed by atoms with Crippen molar-refractivity contribution in [3.05, 3.63) is 35.4 Å². The Balaban J connectivity index is 1.76. The molecule has 0 N–H and O–H groups in total. The van der Waals surface area contributed by atoms with Crippen LogP contribution in [-0.4, -0.2) is 58.4 Å². The van der Waals surface area contributed by atoms with Gasteiger partial charge in [0.15, 0.2) is 11.6 Å². The molecule has 1 aromatic rings. The Morgan fingerprint density at radius 2 is 1.70 bits per heavy atom. The van der Waals surface area contributed by atoms with Gasteiger partial charge in [-0.1, -0.05) is 39.8 Å². The molecule has 0 saturated carbocycles. The molecule has 2 saturated heterocycles. The highest BCUT2D eigenvalue weighted by Gasteiger charge is 2.57. The van der Waals surface area contributed by atoms with E-state index in [-0.39, 0.29) is 17.9 Å². The largest absolute Gasteiger partial charge is 0.327 e. The second kappa shape index (κ2) is 9.00. The van der Waals surface area contributed by atoms with Crippen LogP contribution in [-0.2, 0) is 11.3 Å². The summed E-state index contributed by atoms with van der Waals surface area (Å²) < 4.78 is 27.6. The lowest BCUT2D eigenvalue weighted by atomic mass is 9.85. The zero-order valence-electron chi connectivity index (χ0n) is 18.5. The number of carbonyl (C=O) groups excluding carboxylic acids is 2. The van der Waals surface area contributed by atoms with Crippen LogP contribution in [0.25, 0.3) is 0 Å². The molecule has 1 spiro atoms. The predicted octanol–water partition coefficient (Wildman–Crippen LogP) is 4.27. The lowest BCUT2D eigenvalue weighted by molar-refractivity contribution is -0.136. The first kappa shape index (κ1) is 22.7. The van der Waals surface area contributed by atoms with Crippen LogP contribution in [0.4, 0.5) is 13.6 Å². The summed E-state index contributed by atoms with van der Waals surface area (Å²) in [6.45, 7) is 10.6. The standard InChI is InChI=1S/C23H33F2N3O2/c1-16(2)8-11-28-22(30)27(14-17(3)4)21(29)23(28)9-12-26(13-10-23)15-18-6-5-7-19(24)20(18)25/h5-7,16-17H,8-15H2,1-4H3. The topological polar surface area (TPSA) is 43.9 Å². The summed E-state index contributed by atoms with van der Waals surface area (Å²) in [4.78, 5) is 31.7. The molecule has 2 aliphatic rings. The van der Waals surface area contributed by atoms with Gasteiger partial charge in [0.05, 0.1) is 0 Å². The highest BCUT2D eigenvalue weighted by molar-refractivity contribution is 6.07. The molecule has 7 heteroatoms. The number of nitrogens with zero attached hydrogens (tertiary/aromatic N) is 3. The van der Waals surface area contributed by atoms with Crippen LogP contribution in [0.2, 0.25) is 0 Å². The lowest BCUT2D eigenvalue weighted by Gasteiger charge is -2.42. The molecule has 5 nitrogen and oxygen atoms in total. The van der Waals surface area contributed by atoms with Gasteiger partial charge in [-0.25, -0.2) is 13.6 Å². The van der Waals surface area contributed by atoms with E-state index in [9.17, 15) is 18.4 Å². The van der Waals surface area contributed by atoms with E-state index < -0.39 is 17.2 Å². The van der Waals surface area contributed by atoms with Crippen LogP contribution in [0.1, 0.15) is 52.5 Å². The summed E-state index contributed by atoms with van der Waals surface area (Å²) in [5.74, 6) is -1.12. The Kier molecular flexibility index (Phi) is 6.80. The van der Waals surface area contributed by atoms with Crippen molar-refractivity contribution in [2.45, 2.75) is 59.0 Å². The number of hydrogen-bond acceptors (Lipinski definition) is 3. The third kappa shape index (κ3) is 4.36. The molecule has 0 aliphatic carbocycles. The van der Waals surface area contributed by atoms with E-state index in [0.29, 0.717) is 57.0 Å². The SMILES string of the molecule is CC(C)CCN1C(=O)N(CC(C)C)C(=O)C12CCN(Cc1cccc(F)c1F)CC2. The fraction of sp³-hybridized carbons (Fsp3) is 0.652. The van der Waals surface area contributed by atoms with E-state index in [1.807, 2.05) is 18.7 Å². The molecule has 1 aromatic carbocycles. The fourth-order valence-electron chi connectivity index (χ4n) is 4.48. The maximum absolute atomic E-state index is 14.1. The maximum Gasteiger partial charge on any atom is 0.327 e. The van der Waals surface area contributed by atoms with Crippen LogP contribution in [0.3, 0.4) is 0 Å². The van der Waals surface area contributed by atoms with Crippen molar-refractivity contribution in [2.24, 2.45) is 11.8 Å². The minimum Gasteiger partial charge on any atom is -0.309 e. The van der Waals surface area contributed by atoms with Crippen molar-refractivity contribution in [2.75, 3.05) is 26.2 Å². The number of halogens is 2. The summed E-state index contributed by atoms with van der Waals surface area (Å²) >= 11 is 0. The summed E-state index contributed by atoms with van der Waals surface area (Å²) in [6.07, 6.45) is 1.87. The third-order valence-electron chi connectivity index (χ3n) is 6.21. The molecular weight excluding hydrogens is 388 g/mol. The molecule has 166 valence electrons. The van der Waals surface area contributed by atoms with E-state index >= 15 is 0 Å². The summed E-state index contributed by atoms with van der Waals surface area (Å²) in [6, 6.07) is 4.03. The first-order chi connectivity index (χ1) is 14.2. The molecular formula is C23H33F2N3O2. The molecule has 2 aliphatic heterocycles. The van der Waals surface area contributed by atoms with Gasteiger partial charge in [0.1, 0.15) is 5.54 Å². The molecule has 3 rings (SSSR count). The van der Waals surface area contributed by atoms with Gasteiger partial charge in [0, 0.05) is 38.3 Å². The number of rotatable bonds is 7. The molecule has 0 radical (unpaired) electrons. The van der Waals surface area contributed by atoms with Crippen molar-refractivity contribution in [1.29, 1.82) is 0 Å². The summed E-state index contributed by atoms with van der Waals surface area (Å²) in [5.41, 5.74) is -0.490. The second-order valence-electron chi connectivity index (χ2n) is 9.45. The average Bonchev–Trinajstić information content (AvgIpc) is 2.86. The quantitative estimate of drug-likeness (QED) is 0.618. The number of benzene rings is 1. The number of piperidine rings is 1. The normalized spacial score (nSPS) is 19.7. The van der Waals surface area contributed by atoms with Gasteiger partial charge in [-0.15, -0.1) is 0 Å². The average molecular weight is 422 g/mol. The van der Waals surface area contributed by atoms with Crippen molar-refractivity contribution in [1.82, 2.24) is 14.7 Å². The minimum absolute atomic E-state index is 0.0958. The molecule has 30 heavy (non-hydrogen) atoms. The zero-order chi connectivity index (χ0) is 22.1. The van der Waals surface area contributed by atoms with Crippen molar-refractivity contribution in [3.8, 4) is 0 Å². The van der Waals surface area contributed by atoms with Gasteiger partial charge < -0.3 is 4.90 Å². The molecule has 2 heterocycles. The van der Waals surface area contributed by atoms with E-state index in [0.717, 1.165) is 12.5 Å². The Morgan fingerprint density at radius 3 is 2.30 bits per heavy atom. The molecule has 3 amide bonds. The summed E-state index contributed by atoms with van der Waals surface area (Å²) in [5, 5.41) is 0. The van der Waals surface area contributed by atoms with Gasteiger partial charge in [-0.3, -0.25) is 14.6 Å². The van der Waals surface area contributed by atoms with E-state index in [4.69, 9.17) is 0 Å². The Morgan fingerprint density at radius 1 is 1.03 bits per heavy atom. The van der Waals surface area contributed by atoms with Gasteiger partial charge in [0.25, 0.3) is 5.91 Å². The second-order valence-corrected chi connectivity index (χ2v) is 9.45. The van der Waals surface area contributed by atoms with E-state index in [2.05, 4.69) is 13.8 Å². The Bertz CT molecular complexity index is 789. The number of likely N-dealkylation sites (tertiary alicyclic amines) is 1. The predicted molar refractivity (Wildman–Crippen MR) is 112 cm³/mol. The molecule has 0 bridgehead atoms. The van der Waals surface area contributed by atoms with Gasteiger partial charge in [-0.05, 0) is 37.2 Å². The smallest absolute Gasteiger partial charge is 0.309 e. The number of urea groups is 1. The first-order valence-electron chi connectivity index (χ1n) is 10.9. The van der Waals surface area contributed by atoms with Crippen LogP contribution in [0, 0.1) is 23.5 Å². The number of amides is 3. The first-order valence-corrected chi connectivity index (χ1v) is 10.9. The van der Waals surface area contributed by atoms with Crippen LogP contribution < -0.4 is 0 Å². The van der Waals surface area contributed by atoms with Crippen molar-refractivity contribution >= 4 is 11.9 Å². The number of imide groups is 1. The van der Waals surface area contributed by atoms with Crippen LogP contribution in [0.15, 0.2) is 18.2 Å². The number of hydrogen-bond donors (Lipinski definition) is 0. The van der Waals surface area contributed by atoms with E-state index in [1.165, 1.54) is 11.0 Å². The van der Waals surface area contributed by atoms with Crippen LogP contribution >= 0.6 is 0 Å². The van der Waals surface area contributed by atoms with Gasteiger partial charge in [-0.2, -0.15) is 0 Å². The van der Waals surface area contributed by atoms with Crippen molar-refractivity contribution in [3.63, 3.8) is 0 Å². The Hall–Kier alpha value is -2.02. The van der Waals surface area contributed by atoms with Crippen molar-refractivity contribution < 1.29 is 18.4 Å². The molecule has 0 unspecified atom stereocenters. The van der Waals surface area contributed by atoms with Gasteiger partial charge in [0.2, 0.25) is 0 Å². The van der Waals surface area contributed by atoms with E-state index in [1.54, 1.807) is 11.0 Å². The molecule has 0 aromatic heterocycles. The fourth-order valence-corrected chi connectivity index (χ4v) is 4.48. The number of carbonyl (C=O) groups is 2. The lowest BCUT2D eigenvalue weighted by Crippen LogP contribution is -2.56. The van der Waals surface area contributed by atoms with Gasteiger partial charge >= 0.3 is 6.03 Å². The maximum atomic E-state index is 14.1. The monoisotopic (exact) mass is 421 g/mol. The Labute approximate surface area is 178 Å².